The third kappa shape index (κ3) is 5.44. The van der Waals surface area contributed by atoms with Gasteiger partial charge in [0, 0.05) is 22.8 Å². The number of carbonyl (C=O) groups excluding carboxylic acids is 2. The van der Waals surface area contributed by atoms with Gasteiger partial charge in [-0.2, -0.15) is 0 Å². The van der Waals surface area contributed by atoms with Gasteiger partial charge in [-0.15, -0.1) is 22.7 Å². The van der Waals surface area contributed by atoms with Gasteiger partial charge in [0.1, 0.15) is 15.5 Å². The molecule has 0 saturated heterocycles. The molecule has 7 nitrogen and oxygen atoms in total. The molecule has 0 aliphatic carbocycles. The molecule has 3 heterocycles. The Labute approximate surface area is 206 Å². The number of nitrogens with one attached hydrogen (secondary N) is 1. The van der Waals surface area contributed by atoms with E-state index in [0.29, 0.717) is 33.1 Å². The van der Waals surface area contributed by atoms with Crippen LogP contribution in [0.1, 0.15) is 33.2 Å². The lowest BCUT2D eigenvalue weighted by atomic mass is 10.2. The maximum Gasteiger partial charge on any atom is 0.350 e. The SMILES string of the molecule is COC(=O)c1sc2nc(CN(C)[C@@H](C)c3cccs3)ccc2c1NC(=O)COc1ccccc1. The Morgan fingerprint density at radius 3 is 2.62 bits per heavy atom. The van der Waals surface area contributed by atoms with E-state index in [0.717, 1.165) is 5.69 Å². The van der Waals surface area contributed by atoms with Gasteiger partial charge in [0.15, 0.2) is 6.61 Å². The van der Waals surface area contributed by atoms with Crippen molar-refractivity contribution in [3.05, 3.63) is 75.4 Å². The Morgan fingerprint density at radius 2 is 1.91 bits per heavy atom. The molecule has 0 aliphatic rings. The summed E-state index contributed by atoms with van der Waals surface area (Å²) in [5.74, 6) is -0.303. The maximum absolute atomic E-state index is 12.6. The first-order chi connectivity index (χ1) is 16.5. The highest BCUT2D eigenvalue weighted by Gasteiger charge is 2.22. The topological polar surface area (TPSA) is 80.8 Å². The summed E-state index contributed by atoms with van der Waals surface area (Å²) in [6, 6.07) is 17.3. The lowest BCUT2D eigenvalue weighted by Crippen LogP contribution is -2.22. The molecule has 1 aromatic carbocycles. The maximum atomic E-state index is 12.6. The lowest BCUT2D eigenvalue weighted by molar-refractivity contribution is -0.118. The largest absolute Gasteiger partial charge is 0.484 e. The smallest absolute Gasteiger partial charge is 0.350 e. The van der Waals surface area contributed by atoms with Crippen molar-refractivity contribution in [1.29, 1.82) is 0 Å². The van der Waals surface area contributed by atoms with E-state index in [1.807, 2.05) is 30.3 Å². The van der Waals surface area contributed by atoms with Gasteiger partial charge < -0.3 is 14.8 Å². The van der Waals surface area contributed by atoms with Gasteiger partial charge in [0.2, 0.25) is 0 Å². The highest BCUT2D eigenvalue weighted by atomic mass is 32.1. The predicted octanol–water partition coefficient (Wildman–Crippen LogP) is 5.35. The van der Waals surface area contributed by atoms with Crippen LogP contribution in [0.4, 0.5) is 5.69 Å². The van der Waals surface area contributed by atoms with E-state index in [1.165, 1.54) is 23.3 Å². The lowest BCUT2D eigenvalue weighted by Gasteiger charge is -2.23. The molecule has 0 unspecified atom stereocenters. The van der Waals surface area contributed by atoms with Crippen LogP contribution in [0.25, 0.3) is 10.2 Å². The number of anilines is 1. The molecule has 34 heavy (non-hydrogen) atoms. The van der Waals surface area contributed by atoms with Gasteiger partial charge in [-0.3, -0.25) is 9.69 Å². The summed E-state index contributed by atoms with van der Waals surface area (Å²) in [5, 5.41) is 5.58. The first-order valence-corrected chi connectivity index (χ1v) is 12.4. The summed E-state index contributed by atoms with van der Waals surface area (Å²) < 4.78 is 10.5. The number of thiophene rings is 2. The Balaban J connectivity index is 1.53. The van der Waals surface area contributed by atoms with Crippen LogP contribution in [0.3, 0.4) is 0 Å². The fourth-order valence-electron chi connectivity index (χ4n) is 3.45. The Bertz CT molecular complexity index is 1270. The molecule has 3 aromatic heterocycles. The van der Waals surface area contributed by atoms with Crippen LogP contribution in [0.5, 0.6) is 5.75 Å². The molecule has 176 valence electrons. The van der Waals surface area contributed by atoms with E-state index in [1.54, 1.807) is 23.5 Å². The number of amides is 1. The average molecular weight is 496 g/mol. The van der Waals surface area contributed by atoms with E-state index >= 15 is 0 Å². The van der Waals surface area contributed by atoms with Crippen LogP contribution < -0.4 is 10.1 Å². The van der Waals surface area contributed by atoms with Gasteiger partial charge in [0.25, 0.3) is 5.91 Å². The first-order valence-electron chi connectivity index (χ1n) is 10.7. The van der Waals surface area contributed by atoms with Crippen LogP contribution >= 0.6 is 22.7 Å². The molecule has 4 rings (SSSR count). The number of rotatable bonds is 9. The van der Waals surface area contributed by atoms with Crippen molar-refractivity contribution in [2.75, 3.05) is 26.1 Å². The van der Waals surface area contributed by atoms with Crippen LogP contribution in [-0.2, 0) is 16.1 Å². The number of methoxy groups -OCH3 is 1. The standard InChI is InChI=1S/C25H25N3O4S2/c1-16(20-10-7-13-33-20)28(2)14-17-11-12-19-22(23(25(30)31-3)34-24(19)26-17)27-21(29)15-32-18-8-5-4-6-9-18/h4-13,16H,14-15H2,1-3H3,(H,27,29)/t16-/m0/s1. The molecule has 1 atom stereocenters. The van der Waals surface area contributed by atoms with Gasteiger partial charge in [-0.05, 0) is 49.7 Å². The average Bonchev–Trinajstić information content (AvgIpc) is 3.51. The van der Waals surface area contributed by atoms with Crippen molar-refractivity contribution in [1.82, 2.24) is 9.88 Å². The minimum Gasteiger partial charge on any atom is -0.484 e. The van der Waals surface area contributed by atoms with E-state index in [2.05, 4.69) is 41.7 Å². The molecule has 4 aromatic rings. The predicted molar refractivity (Wildman–Crippen MR) is 136 cm³/mol. The summed E-state index contributed by atoms with van der Waals surface area (Å²) in [5.41, 5.74) is 1.27. The number of para-hydroxylation sites is 1. The molecule has 0 aliphatic heterocycles. The van der Waals surface area contributed by atoms with Crippen LogP contribution in [0, 0.1) is 0 Å². The molecule has 0 radical (unpaired) electrons. The van der Waals surface area contributed by atoms with Crippen molar-refractivity contribution in [2.45, 2.75) is 19.5 Å². The molecule has 1 amide bonds. The highest BCUT2D eigenvalue weighted by Crippen LogP contribution is 2.36. The number of pyridine rings is 1. The highest BCUT2D eigenvalue weighted by molar-refractivity contribution is 7.21. The van der Waals surface area contributed by atoms with Crippen molar-refractivity contribution in [2.24, 2.45) is 0 Å². The second kappa shape index (κ2) is 10.8. The van der Waals surface area contributed by atoms with E-state index in [9.17, 15) is 9.59 Å². The number of nitrogens with zero attached hydrogens (tertiary/aromatic N) is 2. The fraction of sp³-hybridized carbons (Fsp3) is 0.240. The zero-order valence-corrected chi connectivity index (χ0v) is 20.7. The minimum absolute atomic E-state index is 0.182. The fourth-order valence-corrected chi connectivity index (χ4v) is 5.36. The van der Waals surface area contributed by atoms with Crippen molar-refractivity contribution in [3.63, 3.8) is 0 Å². The van der Waals surface area contributed by atoms with Gasteiger partial charge in [0.05, 0.1) is 18.5 Å². The Hall–Kier alpha value is -3.27. The van der Waals surface area contributed by atoms with Crippen molar-refractivity contribution >= 4 is 50.5 Å². The van der Waals surface area contributed by atoms with Crippen LogP contribution in [-0.4, -0.2) is 42.5 Å². The molecule has 9 heteroatoms. The molecule has 0 saturated carbocycles. The number of aromatic nitrogens is 1. The van der Waals surface area contributed by atoms with E-state index < -0.39 is 5.97 Å². The number of hydrogen-bond donors (Lipinski definition) is 1. The third-order valence-electron chi connectivity index (χ3n) is 5.39. The van der Waals surface area contributed by atoms with Gasteiger partial charge in [-0.1, -0.05) is 24.3 Å². The van der Waals surface area contributed by atoms with Gasteiger partial charge in [-0.25, -0.2) is 9.78 Å². The molecule has 0 bridgehead atoms. The second-order valence-electron chi connectivity index (χ2n) is 7.71. The minimum atomic E-state index is -0.521. The number of carbonyl (C=O) groups is 2. The van der Waals surface area contributed by atoms with Crippen molar-refractivity contribution < 1.29 is 19.1 Å². The molecule has 0 fully saturated rings. The number of esters is 1. The molecule has 0 spiro atoms. The number of benzene rings is 1. The molecular weight excluding hydrogens is 470 g/mol. The normalized spacial score (nSPS) is 12.0. The zero-order chi connectivity index (χ0) is 24.1. The monoisotopic (exact) mass is 495 g/mol. The second-order valence-corrected chi connectivity index (χ2v) is 9.69. The van der Waals surface area contributed by atoms with E-state index in [4.69, 9.17) is 14.5 Å². The first kappa shape index (κ1) is 23.9. The Morgan fingerprint density at radius 1 is 1.12 bits per heavy atom. The van der Waals surface area contributed by atoms with E-state index in [-0.39, 0.29) is 18.6 Å². The quantitative estimate of drug-likeness (QED) is 0.315. The Kier molecular flexibility index (Phi) is 7.56. The van der Waals surface area contributed by atoms with Gasteiger partial charge >= 0.3 is 5.97 Å². The molecular formula is C25H25N3O4S2. The number of hydrogen-bond acceptors (Lipinski definition) is 8. The summed E-state index contributed by atoms with van der Waals surface area (Å²) in [4.78, 5) is 34.2. The summed E-state index contributed by atoms with van der Waals surface area (Å²) in [6.45, 7) is 2.63. The summed E-state index contributed by atoms with van der Waals surface area (Å²) in [7, 11) is 3.37. The zero-order valence-electron chi connectivity index (χ0n) is 19.1. The third-order valence-corrected chi connectivity index (χ3v) is 7.51. The van der Waals surface area contributed by atoms with Crippen LogP contribution in [0.15, 0.2) is 60.0 Å². The summed E-state index contributed by atoms with van der Waals surface area (Å²) in [6.07, 6.45) is 0. The van der Waals surface area contributed by atoms with Crippen LogP contribution in [0.2, 0.25) is 0 Å². The number of fused-ring (bicyclic) bond motifs is 1. The van der Waals surface area contributed by atoms with Crippen molar-refractivity contribution in [3.8, 4) is 5.75 Å². The summed E-state index contributed by atoms with van der Waals surface area (Å²) >= 11 is 2.93. The number of ether oxygens (including phenoxy) is 2. The molecule has 1 N–H and O–H groups in total.